The minimum atomic E-state index is -4.76. The number of fused-ring (bicyclic) bond motifs is 1. The Bertz CT molecular complexity index is 1310. The number of hydrogen-bond donors (Lipinski definition) is 7. The van der Waals surface area contributed by atoms with Gasteiger partial charge in [-0.3, -0.25) is 23.7 Å². The van der Waals surface area contributed by atoms with Crippen LogP contribution in [-0.4, -0.2) is 77.3 Å². The molecule has 1 fully saturated rings. The fourth-order valence-electron chi connectivity index (χ4n) is 3.40. The summed E-state index contributed by atoms with van der Waals surface area (Å²) < 4.78 is 21.6. The minimum Gasteiger partial charge on any atom is -0.388 e. The van der Waals surface area contributed by atoms with Gasteiger partial charge in [-0.2, -0.15) is 4.98 Å². The standard InChI is InChI=1S/C10H14N5O8P.C9H11NO.CH4/c11-10-13-7-4(8(18)14-10)12-2-15(7)9-6(17)5(16)3(23-9)1-22-24(19,20)21;1-7(11)8-5-3-4-6-9(8)10-2;/h2-3,5-6,9,16-17H,1H2,(H2,19,20,21)(H3,11,13,14,18);3-6,10H,1-2H3;1H4/t3-,5-,6?,9-;;/m1../s1. The Hall–Kier alpha value is -3.17. The van der Waals surface area contributed by atoms with Crippen molar-refractivity contribution < 1.29 is 38.6 Å². The summed E-state index contributed by atoms with van der Waals surface area (Å²) in [6, 6.07) is 7.46. The SMILES string of the molecule is C.CNc1ccccc1C(C)=O.Nc1nc2c(ncn2[C@@H]2O[C@H](COP(=O)(O)O)[C@@H](O)C2O)c(=O)[nH]1. The van der Waals surface area contributed by atoms with E-state index in [-0.39, 0.29) is 30.3 Å². The van der Waals surface area contributed by atoms with Crippen molar-refractivity contribution in [1.82, 2.24) is 19.5 Å². The number of benzene rings is 1. The van der Waals surface area contributed by atoms with Gasteiger partial charge in [0.1, 0.15) is 18.3 Å². The van der Waals surface area contributed by atoms with Crippen LogP contribution in [0.4, 0.5) is 11.6 Å². The average molecular weight is 528 g/mol. The van der Waals surface area contributed by atoms with Crippen molar-refractivity contribution in [2.45, 2.75) is 38.9 Å². The van der Waals surface area contributed by atoms with Gasteiger partial charge in [-0.25, -0.2) is 9.55 Å². The van der Waals surface area contributed by atoms with Crippen LogP contribution < -0.4 is 16.6 Å². The summed E-state index contributed by atoms with van der Waals surface area (Å²) in [7, 11) is -2.96. The summed E-state index contributed by atoms with van der Waals surface area (Å²) >= 11 is 0. The number of aliphatic hydroxyl groups is 2. The van der Waals surface area contributed by atoms with Gasteiger partial charge in [0.05, 0.1) is 12.9 Å². The molecule has 36 heavy (non-hydrogen) atoms. The first-order chi connectivity index (χ1) is 16.4. The van der Waals surface area contributed by atoms with Crippen LogP contribution >= 0.6 is 7.82 Å². The molecule has 0 spiro atoms. The normalized spacial score (nSPS) is 21.4. The summed E-state index contributed by atoms with van der Waals surface area (Å²) in [5.74, 6) is -0.0846. The van der Waals surface area contributed by atoms with Gasteiger partial charge in [0.15, 0.2) is 23.2 Å². The number of carbonyl (C=O) groups excluding carboxylic acids is 1. The van der Waals surface area contributed by atoms with Crippen molar-refractivity contribution in [3.63, 3.8) is 0 Å². The molecule has 1 aliphatic heterocycles. The Labute approximate surface area is 205 Å². The molecule has 1 aliphatic rings. The van der Waals surface area contributed by atoms with E-state index in [9.17, 15) is 24.4 Å². The van der Waals surface area contributed by atoms with E-state index in [1.807, 2.05) is 31.3 Å². The molecule has 16 heteroatoms. The van der Waals surface area contributed by atoms with Gasteiger partial charge in [0, 0.05) is 18.3 Å². The predicted molar refractivity (Wildman–Crippen MR) is 129 cm³/mol. The Morgan fingerprint density at radius 3 is 2.56 bits per heavy atom. The van der Waals surface area contributed by atoms with Crippen LogP contribution in [0.5, 0.6) is 0 Å². The Balaban J connectivity index is 0.000000321. The number of phosphoric acid groups is 1. The van der Waals surface area contributed by atoms with Gasteiger partial charge in [-0.15, -0.1) is 0 Å². The number of phosphoric ester groups is 1. The smallest absolute Gasteiger partial charge is 0.388 e. The molecule has 3 heterocycles. The number of nitrogen functional groups attached to an aromatic ring is 1. The maximum atomic E-state index is 11.7. The molecule has 1 saturated heterocycles. The lowest BCUT2D eigenvalue weighted by Crippen LogP contribution is -2.33. The summed E-state index contributed by atoms with van der Waals surface area (Å²) in [4.78, 5) is 50.1. The van der Waals surface area contributed by atoms with E-state index in [2.05, 4.69) is 24.8 Å². The highest BCUT2D eigenvalue weighted by molar-refractivity contribution is 7.46. The molecule has 8 N–H and O–H groups in total. The second kappa shape index (κ2) is 11.7. The lowest BCUT2D eigenvalue weighted by molar-refractivity contribution is -0.0503. The second-order valence-corrected chi connectivity index (χ2v) is 8.70. The molecule has 1 aromatic carbocycles. The monoisotopic (exact) mass is 528 g/mol. The van der Waals surface area contributed by atoms with E-state index in [1.54, 1.807) is 6.92 Å². The molecule has 0 saturated carbocycles. The quantitative estimate of drug-likeness (QED) is 0.165. The van der Waals surface area contributed by atoms with Gasteiger partial charge in [-0.1, -0.05) is 19.6 Å². The van der Waals surface area contributed by atoms with Crippen molar-refractivity contribution in [3.8, 4) is 0 Å². The van der Waals surface area contributed by atoms with Crippen molar-refractivity contribution in [2.24, 2.45) is 0 Å². The number of rotatable bonds is 6. The van der Waals surface area contributed by atoms with Crippen molar-refractivity contribution in [2.75, 3.05) is 24.7 Å². The molecule has 0 bridgehead atoms. The average Bonchev–Trinajstić information content (AvgIpc) is 3.33. The van der Waals surface area contributed by atoms with E-state index >= 15 is 0 Å². The Morgan fingerprint density at radius 1 is 1.31 bits per heavy atom. The highest BCUT2D eigenvalue weighted by atomic mass is 31.2. The van der Waals surface area contributed by atoms with Crippen molar-refractivity contribution >= 4 is 36.4 Å². The molecule has 0 radical (unpaired) electrons. The summed E-state index contributed by atoms with van der Waals surface area (Å²) in [5, 5.41) is 23.0. The molecular formula is C20H29N6O9P. The number of nitrogens with two attached hydrogens (primary N) is 1. The number of ketones is 1. The molecule has 3 aromatic rings. The van der Waals surface area contributed by atoms with Crippen molar-refractivity contribution in [3.05, 3.63) is 46.5 Å². The Morgan fingerprint density at radius 2 is 1.97 bits per heavy atom. The van der Waals surface area contributed by atoms with Crippen LogP contribution in [0.1, 0.15) is 30.9 Å². The number of imidazole rings is 1. The number of hydrogen-bond acceptors (Lipinski definition) is 11. The molecule has 4 rings (SSSR count). The van der Waals surface area contributed by atoms with Gasteiger partial charge >= 0.3 is 7.82 Å². The third-order valence-corrected chi connectivity index (χ3v) is 5.53. The van der Waals surface area contributed by atoms with Crippen LogP contribution in [-0.2, 0) is 13.8 Å². The maximum Gasteiger partial charge on any atom is 0.469 e. The number of aliphatic hydroxyl groups excluding tert-OH is 2. The zero-order valence-corrected chi connectivity index (χ0v) is 19.5. The van der Waals surface area contributed by atoms with Gasteiger partial charge in [0.25, 0.3) is 5.56 Å². The van der Waals surface area contributed by atoms with E-state index in [1.165, 1.54) is 10.9 Å². The van der Waals surface area contributed by atoms with Crippen LogP contribution in [0, 0.1) is 0 Å². The van der Waals surface area contributed by atoms with E-state index in [0.29, 0.717) is 0 Å². The first-order valence-electron chi connectivity index (χ1n) is 10.1. The third kappa shape index (κ3) is 6.53. The molecule has 4 atom stereocenters. The number of nitrogens with zero attached hydrogens (tertiary/aromatic N) is 3. The van der Waals surface area contributed by atoms with E-state index in [0.717, 1.165) is 11.3 Å². The number of aromatic nitrogens is 4. The lowest BCUT2D eigenvalue weighted by atomic mass is 10.1. The number of H-pyrrole nitrogens is 1. The number of aromatic amines is 1. The van der Waals surface area contributed by atoms with Gasteiger partial charge in [-0.05, 0) is 19.1 Å². The van der Waals surface area contributed by atoms with Gasteiger partial charge in [0.2, 0.25) is 5.95 Å². The number of ether oxygens (including phenoxy) is 1. The third-order valence-electron chi connectivity index (χ3n) is 5.04. The molecule has 0 aliphatic carbocycles. The number of nitrogens with one attached hydrogen (secondary N) is 2. The molecule has 1 unspecified atom stereocenters. The highest BCUT2D eigenvalue weighted by Gasteiger charge is 2.45. The van der Waals surface area contributed by atoms with Crippen LogP contribution in [0.15, 0.2) is 35.4 Å². The lowest BCUT2D eigenvalue weighted by Gasteiger charge is -2.16. The Kier molecular flexibility index (Phi) is 9.45. The van der Waals surface area contributed by atoms with Crippen LogP contribution in [0.2, 0.25) is 0 Å². The molecule has 0 amide bonds. The molecule has 198 valence electrons. The number of Topliss-reactive ketones (excluding diaryl/α,β-unsaturated/α-hetero) is 1. The molecule has 15 nitrogen and oxygen atoms in total. The zero-order valence-electron chi connectivity index (χ0n) is 18.6. The number of anilines is 2. The summed E-state index contributed by atoms with van der Waals surface area (Å²) in [5.41, 5.74) is 6.48. The predicted octanol–water partition coefficient (Wildman–Crippen LogP) is -0.00270. The summed E-state index contributed by atoms with van der Waals surface area (Å²) in [6.45, 7) is 0.915. The zero-order chi connectivity index (χ0) is 25.9. The second-order valence-electron chi connectivity index (χ2n) is 7.46. The van der Waals surface area contributed by atoms with E-state index in [4.69, 9.17) is 20.3 Å². The molecular weight excluding hydrogens is 499 g/mol. The molecule has 2 aromatic heterocycles. The first-order valence-corrected chi connectivity index (χ1v) is 11.7. The largest absolute Gasteiger partial charge is 0.469 e. The minimum absolute atomic E-state index is 0. The van der Waals surface area contributed by atoms with Crippen LogP contribution in [0.3, 0.4) is 0 Å². The maximum absolute atomic E-state index is 11.7. The van der Waals surface area contributed by atoms with Crippen molar-refractivity contribution in [1.29, 1.82) is 0 Å². The highest BCUT2D eigenvalue weighted by Crippen LogP contribution is 2.38. The van der Waals surface area contributed by atoms with Gasteiger partial charge < -0.3 is 35.8 Å². The fourth-order valence-corrected chi connectivity index (χ4v) is 3.75. The summed E-state index contributed by atoms with van der Waals surface area (Å²) in [6.07, 6.45) is -4.22. The number of carbonyl (C=O) groups is 1. The topological polar surface area (TPSA) is 235 Å². The fraction of sp³-hybridized carbons (Fsp3) is 0.400. The van der Waals surface area contributed by atoms with Crippen LogP contribution in [0.25, 0.3) is 11.2 Å². The van der Waals surface area contributed by atoms with E-state index < -0.39 is 44.5 Å². The number of para-hydroxylation sites is 1. The first kappa shape index (κ1) is 29.1.